The Hall–Kier alpha value is -3.87. The summed E-state index contributed by atoms with van der Waals surface area (Å²) in [6.07, 6.45) is -4.21. The smallest absolute Gasteiger partial charge is 0.414 e. The number of hydrogen-bond acceptors (Lipinski definition) is 7. The van der Waals surface area contributed by atoms with Crippen LogP contribution < -0.4 is 4.90 Å². The highest BCUT2D eigenvalue weighted by Gasteiger charge is 2.54. The van der Waals surface area contributed by atoms with Crippen LogP contribution in [0.2, 0.25) is 0 Å². The van der Waals surface area contributed by atoms with Crippen molar-refractivity contribution in [3.63, 3.8) is 0 Å². The highest BCUT2D eigenvalue weighted by Crippen LogP contribution is 2.34. The molecule has 1 fully saturated rings. The number of pyridine rings is 1. The van der Waals surface area contributed by atoms with Crippen molar-refractivity contribution in [3.8, 4) is 22.6 Å². The minimum Gasteiger partial charge on any atom is -0.437 e. The molecule has 0 saturated carbocycles. The van der Waals surface area contributed by atoms with Crippen LogP contribution in [0.3, 0.4) is 0 Å². The number of aromatic nitrogens is 5. The molecule has 0 radical (unpaired) electrons. The molecule has 3 aromatic rings. The maximum absolute atomic E-state index is 14.7. The van der Waals surface area contributed by atoms with Crippen LogP contribution in [0, 0.1) is 5.82 Å². The number of aliphatic hydroxyl groups excluding tert-OH is 1. The van der Waals surface area contributed by atoms with Gasteiger partial charge in [-0.05, 0) is 29.5 Å². The molecule has 0 spiro atoms. The van der Waals surface area contributed by atoms with Crippen LogP contribution >= 0.6 is 0 Å². The van der Waals surface area contributed by atoms with Crippen molar-refractivity contribution in [2.45, 2.75) is 18.4 Å². The van der Waals surface area contributed by atoms with E-state index < -0.39 is 36.8 Å². The summed E-state index contributed by atoms with van der Waals surface area (Å²) >= 11 is 0. The van der Waals surface area contributed by atoms with Crippen molar-refractivity contribution in [3.05, 3.63) is 48.9 Å². The number of ether oxygens (including phenoxy) is 1. The first-order valence-corrected chi connectivity index (χ1v) is 9.07. The van der Waals surface area contributed by atoms with E-state index in [-0.39, 0.29) is 17.1 Å². The Kier molecular flexibility index (Phi) is 5.34. The van der Waals surface area contributed by atoms with Gasteiger partial charge in [0.05, 0.1) is 12.2 Å². The highest BCUT2D eigenvalue weighted by molar-refractivity contribution is 5.90. The van der Waals surface area contributed by atoms with Gasteiger partial charge in [0.2, 0.25) is 5.82 Å². The number of aliphatic hydroxyl groups is 1. The van der Waals surface area contributed by atoms with Gasteiger partial charge in [0, 0.05) is 23.5 Å². The van der Waals surface area contributed by atoms with Crippen molar-refractivity contribution < 1.29 is 32.2 Å². The van der Waals surface area contributed by atoms with Gasteiger partial charge in [0.15, 0.2) is 6.10 Å². The lowest BCUT2D eigenvalue weighted by Crippen LogP contribution is -2.44. The molecule has 32 heavy (non-hydrogen) atoms. The number of carbonyl (C=O) groups excluding carboxylic acids is 1. The Morgan fingerprint density at radius 3 is 2.69 bits per heavy atom. The number of nitrogens with zero attached hydrogens (tertiary/aromatic N) is 6. The van der Waals surface area contributed by atoms with Gasteiger partial charge in [-0.25, -0.2) is 13.6 Å². The first-order chi connectivity index (χ1) is 15.2. The van der Waals surface area contributed by atoms with E-state index in [1.807, 2.05) is 0 Å². The number of alkyl halides is 3. The second-order valence-corrected chi connectivity index (χ2v) is 6.71. The summed E-state index contributed by atoms with van der Waals surface area (Å²) in [6, 6.07) is 6.72. The molecular formula is C19H14F4N6O3. The molecule has 1 N–H and O–H groups in total. The zero-order valence-corrected chi connectivity index (χ0v) is 16.1. The average Bonchev–Trinajstić information content (AvgIpc) is 3.41. The number of cyclic esters (lactones) is 1. The van der Waals surface area contributed by atoms with Crippen LogP contribution in [0.1, 0.15) is 0 Å². The Bertz CT molecular complexity index is 1170. The average molecular weight is 450 g/mol. The van der Waals surface area contributed by atoms with Gasteiger partial charge in [0.25, 0.3) is 6.36 Å². The van der Waals surface area contributed by atoms with Crippen LogP contribution in [-0.4, -0.2) is 61.3 Å². The molecule has 1 aromatic carbocycles. The lowest BCUT2D eigenvalue weighted by molar-refractivity contribution is -0.209. The minimum atomic E-state index is -4.30. The van der Waals surface area contributed by atoms with Crippen LogP contribution in [0.4, 0.5) is 28.0 Å². The van der Waals surface area contributed by atoms with Gasteiger partial charge < -0.3 is 9.84 Å². The summed E-state index contributed by atoms with van der Waals surface area (Å²) in [5, 5.41) is 20.1. The van der Waals surface area contributed by atoms with Gasteiger partial charge in [-0.1, -0.05) is 12.6 Å². The third kappa shape index (κ3) is 3.77. The maximum atomic E-state index is 14.7. The molecule has 166 valence electrons. The highest BCUT2D eigenvalue weighted by atomic mass is 19.3. The molecule has 1 saturated heterocycles. The number of rotatable bonds is 6. The van der Waals surface area contributed by atoms with E-state index in [2.05, 4.69) is 31.7 Å². The summed E-state index contributed by atoms with van der Waals surface area (Å²) in [5.74, 6) is -4.83. The molecule has 9 nitrogen and oxygen atoms in total. The van der Waals surface area contributed by atoms with Gasteiger partial charge in [-0.3, -0.25) is 9.88 Å². The molecule has 3 heterocycles. The number of anilines is 1. The van der Waals surface area contributed by atoms with Crippen molar-refractivity contribution in [1.29, 1.82) is 0 Å². The van der Waals surface area contributed by atoms with E-state index in [0.29, 0.717) is 11.3 Å². The summed E-state index contributed by atoms with van der Waals surface area (Å²) in [5.41, 5.74) is 0.838. The van der Waals surface area contributed by atoms with Crippen LogP contribution in [0.15, 0.2) is 43.1 Å². The third-order valence-electron chi connectivity index (χ3n) is 4.72. The SMILES string of the molecule is C=Cn1nnc(-c2ccc(-c3ccc(N4C[C@H](C(F)(F)[C@H](O)F)OC4=O)cc3F)cn2)n1. The Labute approximate surface area is 177 Å². The monoisotopic (exact) mass is 450 g/mol. The summed E-state index contributed by atoms with van der Waals surface area (Å²) in [7, 11) is 0. The summed E-state index contributed by atoms with van der Waals surface area (Å²) in [6.45, 7) is 2.74. The van der Waals surface area contributed by atoms with E-state index in [0.717, 1.165) is 15.8 Å². The molecule has 0 bridgehead atoms. The van der Waals surface area contributed by atoms with Gasteiger partial charge >= 0.3 is 12.0 Å². The molecule has 2 aromatic heterocycles. The molecular weight excluding hydrogens is 436 g/mol. The molecule has 1 aliphatic heterocycles. The standard InChI is InChI=1S/C19H14F4N6O3/c1-2-29-26-16(25-27-29)14-6-3-10(8-24-14)12-5-4-11(7-13(12)20)28-9-15(32-18(28)31)19(22,23)17(21)30/h2-8,15,17,30H,1,9H2/t15-,17+/m1/s1. The summed E-state index contributed by atoms with van der Waals surface area (Å²) < 4.78 is 59.2. The fourth-order valence-electron chi connectivity index (χ4n) is 3.02. The number of halogens is 4. The first kappa shape index (κ1) is 21.4. The molecule has 1 aliphatic rings. The number of tetrazole rings is 1. The van der Waals surface area contributed by atoms with Crippen molar-refractivity contribution >= 4 is 18.0 Å². The fourth-order valence-corrected chi connectivity index (χ4v) is 3.02. The van der Waals surface area contributed by atoms with Gasteiger partial charge in [-0.2, -0.15) is 8.78 Å². The Balaban J connectivity index is 1.55. The minimum absolute atomic E-state index is 0.0716. The van der Waals surface area contributed by atoms with Gasteiger partial charge in [-0.15, -0.1) is 15.0 Å². The predicted octanol–water partition coefficient (Wildman–Crippen LogP) is 2.89. The number of benzene rings is 1. The van der Waals surface area contributed by atoms with E-state index in [1.165, 1.54) is 24.5 Å². The second-order valence-electron chi connectivity index (χ2n) is 6.71. The number of amides is 1. The zero-order valence-electron chi connectivity index (χ0n) is 16.1. The number of hydrogen-bond donors (Lipinski definition) is 1. The topological polar surface area (TPSA) is 106 Å². The Morgan fingerprint density at radius 1 is 1.31 bits per heavy atom. The fraction of sp³-hybridized carbons (Fsp3) is 0.211. The van der Waals surface area contributed by atoms with Crippen molar-refractivity contribution in [2.24, 2.45) is 0 Å². The largest absolute Gasteiger partial charge is 0.437 e. The molecule has 0 unspecified atom stereocenters. The molecule has 4 rings (SSSR count). The summed E-state index contributed by atoms with van der Waals surface area (Å²) in [4.78, 5) is 18.0. The van der Waals surface area contributed by atoms with Crippen LogP contribution in [0.5, 0.6) is 0 Å². The third-order valence-corrected chi connectivity index (χ3v) is 4.72. The maximum Gasteiger partial charge on any atom is 0.414 e. The van der Waals surface area contributed by atoms with Gasteiger partial charge in [0.1, 0.15) is 11.5 Å². The quantitative estimate of drug-likeness (QED) is 0.576. The lowest BCUT2D eigenvalue weighted by Gasteiger charge is -2.21. The van der Waals surface area contributed by atoms with E-state index in [4.69, 9.17) is 5.11 Å². The van der Waals surface area contributed by atoms with E-state index in [9.17, 15) is 22.4 Å². The van der Waals surface area contributed by atoms with Crippen molar-refractivity contribution in [2.75, 3.05) is 11.4 Å². The zero-order chi connectivity index (χ0) is 23.0. The molecule has 1 amide bonds. The molecule has 2 atom stereocenters. The molecule has 13 heteroatoms. The van der Waals surface area contributed by atoms with Crippen LogP contribution in [-0.2, 0) is 4.74 Å². The van der Waals surface area contributed by atoms with Crippen molar-refractivity contribution in [1.82, 2.24) is 25.2 Å². The lowest BCUT2D eigenvalue weighted by atomic mass is 10.1. The van der Waals surface area contributed by atoms with Crippen LogP contribution in [0.25, 0.3) is 28.8 Å². The second kappa shape index (κ2) is 8.00. The van der Waals surface area contributed by atoms with E-state index >= 15 is 0 Å². The normalized spacial score (nSPS) is 17.3. The Morgan fingerprint density at radius 2 is 2.09 bits per heavy atom. The predicted molar refractivity (Wildman–Crippen MR) is 103 cm³/mol. The first-order valence-electron chi connectivity index (χ1n) is 9.07. The number of carbonyl (C=O) groups is 1. The molecule has 0 aliphatic carbocycles. The van der Waals surface area contributed by atoms with E-state index in [1.54, 1.807) is 12.1 Å².